The summed E-state index contributed by atoms with van der Waals surface area (Å²) in [5.74, 6) is 0. The first kappa shape index (κ1) is 13.2. The Morgan fingerprint density at radius 2 is 1.91 bits per heavy atom. The Hall–Kier alpha value is -0.370. The van der Waals surface area contributed by atoms with E-state index in [0.717, 1.165) is 19.6 Å². The van der Waals surface area contributed by atoms with E-state index >= 15 is 0 Å². The van der Waals surface area contributed by atoms with E-state index in [9.17, 15) is 4.39 Å². The highest BCUT2D eigenvalue weighted by Gasteiger charge is 1.94. The molecular weight excluding hydrogens is 143 g/mol. The second-order valence-electron chi connectivity index (χ2n) is 1.88. The molecule has 0 fully saturated rings. The fraction of sp³-hybridized carbons (Fsp3) is 0.778. The van der Waals surface area contributed by atoms with Crippen LogP contribution < -0.4 is 0 Å². The van der Waals surface area contributed by atoms with Crippen LogP contribution in [-0.2, 0) is 4.74 Å². The van der Waals surface area contributed by atoms with Crippen LogP contribution in [-0.4, -0.2) is 20.4 Å². The van der Waals surface area contributed by atoms with Crippen LogP contribution in [0.25, 0.3) is 0 Å². The highest BCUT2D eigenvalue weighted by Crippen LogP contribution is 2.04. The highest BCUT2D eigenvalue weighted by molar-refractivity contribution is 4.99. The molecule has 0 unspecified atom stereocenters. The van der Waals surface area contributed by atoms with Crippen molar-refractivity contribution in [1.82, 2.24) is 0 Å². The maximum atomic E-state index is 9.50. The van der Waals surface area contributed by atoms with E-state index in [0.29, 0.717) is 7.18 Å². The monoisotopic (exact) mass is 162 g/mol. The Kier molecular flexibility index (Phi) is 14.8. The minimum atomic E-state index is 0.500. The molecule has 68 valence electrons. The molecule has 11 heavy (non-hydrogen) atoms. The molecule has 0 aliphatic carbocycles. The number of alkyl halides is 1. The van der Waals surface area contributed by atoms with Crippen molar-refractivity contribution in [2.45, 2.75) is 27.2 Å². The standard InChI is InChI=1S/C6H10O.C2H6.CH3F/c1-6-2-4-7-5-3-6;2*1-2/h2H,3-5H2,1H3;1-2H3;1H3. The van der Waals surface area contributed by atoms with E-state index in [1.165, 1.54) is 5.57 Å². The molecule has 0 radical (unpaired) electrons. The summed E-state index contributed by atoms with van der Waals surface area (Å²) in [6.45, 7) is 7.89. The fourth-order valence-corrected chi connectivity index (χ4v) is 0.620. The number of rotatable bonds is 0. The topological polar surface area (TPSA) is 9.23 Å². The van der Waals surface area contributed by atoms with Crippen LogP contribution in [0.4, 0.5) is 4.39 Å². The summed E-state index contributed by atoms with van der Waals surface area (Å²) in [5, 5.41) is 0. The van der Waals surface area contributed by atoms with Crippen molar-refractivity contribution < 1.29 is 9.13 Å². The van der Waals surface area contributed by atoms with Gasteiger partial charge in [-0.3, -0.25) is 4.39 Å². The average Bonchev–Trinajstić information content (AvgIpc) is 2.13. The van der Waals surface area contributed by atoms with Crippen molar-refractivity contribution in [3.8, 4) is 0 Å². The lowest BCUT2D eigenvalue weighted by Crippen LogP contribution is -2.01. The molecule has 0 bridgehead atoms. The number of ether oxygens (including phenoxy) is 1. The van der Waals surface area contributed by atoms with Crippen molar-refractivity contribution in [2.24, 2.45) is 0 Å². The molecular formula is C9H19FO. The molecule has 0 saturated carbocycles. The molecule has 0 atom stereocenters. The Morgan fingerprint density at radius 1 is 1.36 bits per heavy atom. The molecule has 0 aromatic carbocycles. The predicted octanol–water partition coefficient (Wildman–Crippen LogP) is 2.96. The van der Waals surface area contributed by atoms with Gasteiger partial charge in [0.2, 0.25) is 0 Å². The van der Waals surface area contributed by atoms with Crippen LogP contribution in [0.1, 0.15) is 27.2 Å². The van der Waals surface area contributed by atoms with E-state index in [1.807, 2.05) is 13.8 Å². The minimum Gasteiger partial charge on any atom is -0.377 e. The molecule has 1 rings (SSSR count). The Bertz CT molecular complexity index is 89.6. The van der Waals surface area contributed by atoms with Gasteiger partial charge in [0.1, 0.15) is 0 Å². The molecule has 2 heteroatoms. The zero-order valence-corrected chi connectivity index (χ0v) is 7.98. The summed E-state index contributed by atoms with van der Waals surface area (Å²) in [5.41, 5.74) is 1.46. The first-order valence-corrected chi connectivity index (χ1v) is 4.01. The minimum absolute atomic E-state index is 0.500. The van der Waals surface area contributed by atoms with Crippen molar-refractivity contribution >= 4 is 0 Å². The van der Waals surface area contributed by atoms with Gasteiger partial charge >= 0.3 is 0 Å². The Balaban J connectivity index is 0. The smallest absolute Gasteiger partial charge is 0.0785 e. The number of hydrogen-bond acceptors (Lipinski definition) is 1. The van der Waals surface area contributed by atoms with Crippen molar-refractivity contribution in [2.75, 3.05) is 20.4 Å². The van der Waals surface area contributed by atoms with Gasteiger partial charge in [0, 0.05) is 0 Å². The normalized spacial score (nSPS) is 14.8. The molecule has 1 nitrogen and oxygen atoms in total. The van der Waals surface area contributed by atoms with Gasteiger partial charge in [0.25, 0.3) is 0 Å². The summed E-state index contributed by atoms with van der Waals surface area (Å²) in [7, 11) is 0.500. The van der Waals surface area contributed by atoms with Crippen molar-refractivity contribution in [1.29, 1.82) is 0 Å². The van der Waals surface area contributed by atoms with Crippen LogP contribution in [0.5, 0.6) is 0 Å². The Morgan fingerprint density at radius 3 is 2.09 bits per heavy atom. The summed E-state index contributed by atoms with van der Waals surface area (Å²) >= 11 is 0. The SMILES string of the molecule is CC.CC1=CCOCC1.CF. The molecule has 0 amide bonds. The first-order valence-electron chi connectivity index (χ1n) is 4.01. The zero-order chi connectivity index (χ0) is 9.11. The third-order valence-corrected chi connectivity index (χ3v) is 1.19. The maximum absolute atomic E-state index is 9.50. The third-order valence-electron chi connectivity index (χ3n) is 1.19. The van der Waals surface area contributed by atoms with Gasteiger partial charge in [0.05, 0.1) is 20.4 Å². The zero-order valence-electron chi connectivity index (χ0n) is 7.98. The van der Waals surface area contributed by atoms with Crippen LogP contribution in [0, 0.1) is 0 Å². The van der Waals surface area contributed by atoms with Crippen molar-refractivity contribution in [3.05, 3.63) is 11.6 Å². The first-order chi connectivity index (χ1) is 5.39. The molecule has 1 heterocycles. The van der Waals surface area contributed by atoms with E-state index in [2.05, 4.69) is 13.0 Å². The van der Waals surface area contributed by atoms with Crippen LogP contribution in [0.2, 0.25) is 0 Å². The molecule has 0 aromatic heterocycles. The molecule has 0 saturated heterocycles. The molecule has 0 spiro atoms. The maximum Gasteiger partial charge on any atom is 0.0785 e. The largest absolute Gasteiger partial charge is 0.377 e. The van der Waals surface area contributed by atoms with Gasteiger partial charge in [-0.2, -0.15) is 0 Å². The fourth-order valence-electron chi connectivity index (χ4n) is 0.620. The summed E-state index contributed by atoms with van der Waals surface area (Å²) < 4.78 is 14.6. The quantitative estimate of drug-likeness (QED) is 0.497. The van der Waals surface area contributed by atoms with Crippen LogP contribution in [0.15, 0.2) is 11.6 Å². The number of hydrogen-bond donors (Lipinski definition) is 0. The molecule has 0 aromatic rings. The van der Waals surface area contributed by atoms with Gasteiger partial charge in [-0.25, -0.2) is 0 Å². The molecule has 1 aliphatic rings. The van der Waals surface area contributed by atoms with Crippen LogP contribution >= 0.6 is 0 Å². The molecule has 1 aliphatic heterocycles. The van der Waals surface area contributed by atoms with Gasteiger partial charge in [-0.15, -0.1) is 0 Å². The average molecular weight is 162 g/mol. The lowest BCUT2D eigenvalue weighted by Gasteiger charge is -2.07. The summed E-state index contributed by atoms with van der Waals surface area (Å²) in [6, 6.07) is 0. The van der Waals surface area contributed by atoms with E-state index in [-0.39, 0.29) is 0 Å². The summed E-state index contributed by atoms with van der Waals surface area (Å²) in [4.78, 5) is 0. The lowest BCUT2D eigenvalue weighted by molar-refractivity contribution is 0.154. The molecule has 0 N–H and O–H groups in total. The van der Waals surface area contributed by atoms with Gasteiger partial charge < -0.3 is 4.74 Å². The van der Waals surface area contributed by atoms with E-state index in [1.54, 1.807) is 0 Å². The van der Waals surface area contributed by atoms with Gasteiger partial charge in [0.15, 0.2) is 0 Å². The van der Waals surface area contributed by atoms with E-state index < -0.39 is 0 Å². The lowest BCUT2D eigenvalue weighted by atomic mass is 10.2. The predicted molar refractivity (Wildman–Crippen MR) is 47.6 cm³/mol. The summed E-state index contributed by atoms with van der Waals surface area (Å²) in [6.07, 6.45) is 3.25. The highest BCUT2D eigenvalue weighted by atomic mass is 19.1. The van der Waals surface area contributed by atoms with Crippen molar-refractivity contribution in [3.63, 3.8) is 0 Å². The van der Waals surface area contributed by atoms with Gasteiger partial charge in [-0.1, -0.05) is 25.5 Å². The van der Waals surface area contributed by atoms with Gasteiger partial charge in [-0.05, 0) is 13.3 Å². The number of halogens is 1. The van der Waals surface area contributed by atoms with E-state index in [4.69, 9.17) is 4.74 Å². The second-order valence-corrected chi connectivity index (χ2v) is 1.88. The third kappa shape index (κ3) is 9.63. The Labute approximate surface area is 69.3 Å². The van der Waals surface area contributed by atoms with Crippen LogP contribution in [0.3, 0.4) is 0 Å². The second kappa shape index (κ2) is 12.3.